The number of hydrogen-bond acceptors (Lipinski definition) is 5. The van der Waals surface area contributed by atoms with Crippen LogP contribution in [0.5, 0.6) is 0 Å². The molecule has 5 nitrogen and oxygen atoms in total. The summed E-state index contributed by atoms with van der Waals surface area (Å²) in [5, 5.41) is 3.20. The smallest absolute Gasteiger partial charge is 0.239 e. The number of aryl methyl sites for hydroxylation is 1. The second-order valence-corrected chi connectivity index (χ2v) is 3.36. The first-order chi connectivity index (χ1) is 7.79. The fourth-order valence-electron chi connectivity index (χ4n) is 1.30. The maximum atomic E-state index is 5.26. The minimum Gasteiger partial charge on any atom is -0.340 e. The van der Waals surface area contributed by atoms with Crippen molar-refractivity contribution in [2.75, 3.05) is 10.7 Å². The third kappa shape index (κ3) is 2.26. The summed E-state index contributed by atoms with van der Waals surface area (Å²) in [7, 11) is 0. The molecule has 1 heterocycles. The summed E-state index contributed by atoms with van der Waals surface area (Å²) in [5.41, 5.74) is 4.36. The molecule has 0 radical (unpaired) electrons. The van der Waals surface area contributed by atoms with Crippen molar-refractivity contribution in [2.45, 2.75) is 6.92 Å². The summed E-state index contributed by atoms with van der Waals surface area (Å²) in [6.07, 6.45) is 1.72. The Hall–Kier alpha value is -2.14. The molecule has 0 unspecified atom stereocenters. The number of para-hydroxylation sites is 1. The molecule has 5 heteroatoms. The highest BCUT2D eigenvalue weighted by molar-refractivity contribution is 5.59. The van der Waals surface area contributed by atoms with Crippen LogP contribution in [0.25, 0.3) is 0 Å². The minimum atomic E-state index is 0.393. The Balaban J connectivity index is 2.27. The van der Waals surface area contributed by atoms with Crippen LogP contribution in [0.1, 0.15) is 5.56 Å². The van der Waals surface area contributed by atoms with Crippen LogP contribution in [0.2, 0.25) is 0 Å². The molecule has 16 heavy (non-hydrogen) atoms. The van der Waals surface area contributed by atoms with E-state index >= 15 is 0 Å². The number of anilines is 3. The van der Waals surface area contributed by atoms with Crippen LogP contribution in [0.3, 0.4) is 0 Å². The van der Waals surface area contributed by atoms with Gasteiger partial charge in [0.25, 0.3) is 0 Å². The van der Waals surface area contributed by atoms with E-state index < -0.39 is 0 Å². The number of hydrogen-bond donors (Lipinski definition) is 3. The van der Waals surface area contributed by atoms with Crippen LogP contribution in [0.4, 0.5) is 17.5 Å². The first-order valence-corrected chi connectivity index (χ1v) is 4.92. The molecule has 0 saturated carbocycles. The predicted molar refractivity (Wildman–Crippen MR) is 64.3 cm³/mol. The minimum absolute atomic E-state index is 0.393. The molecule has 0 atom stereocenters. The van der Waals surface area contributed by atoms with Crippen molar-refractivity contribution in [2.24, 2.45) is 5.84 Å². The number of nitrogens with two attached hydrogens (primary N) is 1. The molecule has 0 bridgehead atoms. The van der Waals surface area contributed by atoms with E-state index in [1.54, 1.807) is 6.20 Å². The van der Waals surface area contributed by atoms with Gasteiger partial charge in [-0.2, -0.15) is 4.98 Å². The van der Waals surface area contributed by atoms with Crippen molar-refractivity contribution < 1.29 is 0 Å². The maximum Gasteiger partial charge on any atom is 0.239 e. The van der Waals surface area contributed by atoms with Gasteiger partial charge in [-0.15, -0.1) is 0 Å². The number of nitrogens with one attached hydrogen (secondary N) is 2. The highest BCUT2D eigenvalue weighted by Gasteiger charge is 2.02. The highest BCUT2D eigenvalue weighted by Crippen LogP contribution is 2.18. The monoisotopic (exact) mass is 215 g/mol. The van der Waals surface area contributed by atoms with Crippen molar-refractivity contribution in [3.05, 3.63) is 42.1 Å². The van der Waals surface area contributed by atoms with Crippen LogP contribution >= 0.6 is 0 Å². The fourth-order valence-corrected chi connectivity index (χ4v) is 1.30. The quantitative estimate of drug-likeness (QED) is 0.537. The molecule has 0 aliphatic rings. The van der Waals surface area contributed by atoms with Gasteiger partial charge in [-0.1, -0.05) is 18.2 Å². The summed E-state index contributed by atoms with van der Waals surface area (Å²) in [4.78, 5) is 8.24. The zero-order chi connectivity index (χ0) is 11.4. The normalized spacial score (nSPS) is 9.88. The van der Waals surface area contributed by atoms with E-state index in [0.717, 1.165) is 17.1 Å². The Morgan fingerprint density at radius 2 is 1.94 bits per heavy atom. The van der Waals surface area contributed by atoms with E-state index in [-0.39, 0.29) is 0 Å². The van der Waals surface area contributed by atoms with Crippen molar-refractivity contribution in [1.29, 1.82) is 0 Å². The second kappa shape index (κ2) is 4.59. The van der Waals surface area contributed by atoms with Crippen molar-refractivity contribution in [3.8, 4) is 0 Å². The zero-order valence-corrected chi connectivity index (χ0v) is 8.94. The number of rotatable bonds is 3. The Bertz CT molecular complexity index is 469. The van der Waals surface area contributed by atoms with E-state index in [9.17, 15) is 0 Å². The number of aromatic nitrogens is 2. The molecule has 4 N–H and O–H groups in total. The number of benzene rings is 1. The summed E-state index contributed by atoms with van der Waals surface area (Å²) in [6, 6.07) is 9.82. The molecule has 2 aromatic rings. The molecule has 0 spiro atoms. The molecule has 1 aromatic carbocycles. The average Bonchev–Trinajstić information content (AvgIpc) is 2.33. The van der Waals surface area contributed by atoms with Gasteiger partial charge in [-0.05, 0) is 19.1 Å². The van der Waals surface area contributed by atoms with Crippen LogP contribution in [0, 0.1) is 6.92 Å². The molecular formula is C11H13N5. The van der Waals surface area contributed by atoms with Gasteiger partial charge >= 0.3 is 0 Å². The van der Waals surface area contributed by atoms with Crippen LogP contribution in [-0.4, -0.2) is 9.97 Å². The van der Waals surface area contributed by atoms with Crippen molar-refractivity contribution in [3.63, 3.8) is 0 Å². The lowest BCUT2D eigenvalue weighted by Gasteiger charge is -2.09. The van der Waals surface area contributed by atoms with E-state index in [1.807, 2.05) is 37.3 Å². The number of nitrogen functional groups attached to an aromatic ring is 1. The summed E-state index contributed by atoms with van der Waals surface area (Å²) < 4.78 is 0. The van der Waals surface area contributed by atoms with Gasteiger partial charge in [0.1, 0.15) is 5.82 Å². The lowest BCUT2D eigenvalue weighted by molar-refractivity contribution is 1.09. The Morgan fingerprint density at radius 1 is 1.19 bits per heavy atom. The van der Waals surface area contributed by atoms with Gasteiger partial charge in [0.2, 0.25) is 5.95 Å². The van der Waals surface area contributed by atoms with Gasteiger partial charge in [0.05, 0.1) is 0 Å². The van der Waals surface area contributed by atoms with Crippen molar-refractivity contribution >= 4 is 17.5 Å². The third-order valence-electron chi connectivity index (χ3n) is 2.14. The molecule has 82 valence electrons. The molecule has 0 aliphatic heterocycles. The lowest BCUT2D eigenvalue weighted by Crippen LogP contribution is -2.11. The Morgan fingerprint density at radius 3 is 2.62 bits per heavy atom. The Labute approximate surface area is 93.7 Å². The summed E-state index contributed by atoms with van der Waals surface area (Å²) >= 11 is 0. The molecule has 0 amide bonds. The van der Waals surface area contributed by atoms with Crippen LogP contribution < -0.4 is 16.6 Å². The van der Waals surface area contributed by atoms with Gasteiger partial charge in [-0.25, -0.2) is 10.8 Å². The molecular weight excluding hydrogens is 202 g/mol. The van der Waals surface area contributed by atoms with Crippen molar-refractivity contribution in [1.82, 2.24) is 9.97 Å². The van der Waals surface area contributed by atoms with E-state index in [2.05, 4.69) is 20.7 Å². The average molecular weight is 215 g/mol. The van der Waals surface area contributed by atoms with Crippen LogP contribution in [0.15, 0.2) is 36.5 Å². The Kier molecular flexibility index (Phi) is 2.98. The second-order valence-electron chi connectivity index (χ2n) is 3.36. The number of nitrogens with zero attached hydrogens (tertiary/aromatic N) is 2. The fraction of sp³-hybridized carbons (Fsp3) is 0.0909. The van der Waals surface area contributed by atoms with E-state index in [4.69, 9.17) is 5.84 Å². The summed E-state index contributed by atoms with van der Waals surface area (Å²) in [6.45, 7) is 1.94. The molecule has 1 aromatic heterocycles. The van der Waals surface area contributed by atoms with Gasteiger partial charge < -0.3 is 5.32 Å². The third-order valence-corrected chi connectivity index (χ3v) is 2.14. The zero-order valence-electron chi connectivity index (χ0n) is 8.94. The number of hydrazine groups is 1. The molecule has 0 aliphatic carbocycles. The lowest BCUT2D eigenvalue weighted by atomic mass is 10.3. The maximum absolute atomic E-state index is 5.26. The largest absolute Gasteiger partial charge is 0.340 e. The summed E-state index contributed by atoms with van der Waals surface area (Å²) in [5.74, 6) is 6.40. The highest BCUT2D eigenvalue weighted by atomic mass is 15.3. The van der Waals surface area contributed by atoms with Gasteiger partial charge in [-0.3, -0.25) is 5.43 Å². The topological polar surface area (TPSA) is 75.9 Å². The molecule has 2 rings (SSSR count). The predicted octanol–water partition coefficient (Wildman–Crippen LogP) is 1.81. The van der Waals surface area contributed by atoms with E-state index in [0.29, 0.717) is 5.95 Å². The van der Waals surface area contributed by atoms with E-state index in [1.165, 1.54) is 0 Å². The molecule has 0 fully saturated rings. The first-order valence-electron chi connectivity index (χ1n) is 4.92. The van der Waals surface area contributed by atoms with Crippen LogP contribution in [-0.2, 0) is 0 Å². The molecule has 0 saturated heterocycles. The SMILES string of the molecule is Cc1cnc(NN)nc1Nc1ccccc1. The van der Waals surface area contributed by atoms with Gasteiger partial charge in [0, 0.05) is 17.4 Å². The van der Waals surface area contributed by atoms with Gasteiger partial charge in [0.15, 0.2) is 0 Å². The standard InChI is InChI=1S/C11H13N5/c1-8-7-13-11(16-12)15-10(8)14-9-5-3-2-4-6-9/h2-7H,12H2,1H3,(H2,13,14,15,16). The first kappa shape index (κ1) is 10.4.